The van der Waals surface area contributed by atoms with Crippen LogP contribution in [0.25, 0.3) is 22.4 Å². The molecule has 10 heteroatoms. The fourth-order valence-electron chi connectivity index (χ4n) is 3.67. The number of carbonyl (C=O) groups is 1. The Bertz CT molecular complexity index is 1380. The molecule has 2 aromatic heterocycles. The number of benzene rings is 2. The van der Waals surface area contributed by atoms with Crippen molar-refractivity contribution in [2.75, 3.05) is 20.6 Å². The molecule has 1 unspecified atom stereocenters. The maximum absolute atomic E-state index is 14.0. The van der Waals surface area contributed by atoms with Gasteiger partial charge in [-0.1, -0.05) is 46.2 Å². The van der Waals surface area contributed by atoms with E-state index in [4.69, 9.17) is 28.0 Å². The molecular weight excluding hydrogens is 492 g/mol. The number of ketones is 1. The Morgan fingerprint density at radius 1 is 1.20 bits per heavy atom. The Labute approximate surface area is 212 Å². The number of hydrogen-bond donors (Lipinski definition) is 0. The van der Waals surface area contributed by atoms with Crippen molar-refractivity contribution < 1.29 is 14.0 Å². The number of hydrogen-bond acceptors (Lipinski definition) is 6. The standard InChI is InChI=1S/C25H24Cl2FN5O2/c1-15(23-18(26)9-10-19(28)24(23)27)35-33-25-21(14-30-33)29-13-20(31-25)16-6-4-7-17(12-16)22(34)8-5-11-32(2)3/h4,6-7,9-10,12-15H,5,8,11H2,1-3H3. The molecule has 0 aliphatic rings. The zero-order chi connectivity index (χ0) is 25.1. The van der Waals surface area contributed by atoms with Crippen LogP contribution in [0.1, 0.15) is 41.8 Å². The molecule has 35 heavy (non-hydrogen) atoms. The molecule has 0 amide bonds. The van der Waals surface area contributed by atoms with E-state index in [2.05, 4.69) is 20.0 Å². The molecule has 0 saturated heterocycles. The van der Waals surface area contributed by atoms with E-state index in [0.29, 0.717) is 34.4 Å². The van der Waals surface area contributed by atoms with Gasteiger partial charge in [-0.25, -0.2) is 14.4 Å². The third-order valence-corrected chi connectivity index (χ3v) is 6.19. The van der Waals surface area contributed by atoms with Gasteiger partial charge in [0.1, 0.15) is 11.3 Å². The lowest BCUT2D eigenvalue weighted by molar-refractivity contribution is 0.0317. The second-order valence-corrected chi connectivity index (χ2v) is 9.18. The Balaban J connectivity index is 1.60. The molecule has 0 aliphatic carbocycles. The minimum atomic E-state index is -0.720. The number of nitrogens with zero attached hydrogens (tertiary/aromatic N) is 5. The van der Waals surface area contributed by atoms with Gasteiger partial charge in [0.25, 0.3) is 0 Å². The second-order valence-electron chi connectivity index (χ2n) is 8.40. The maximum atomic E-state index is 14.0. The molecule has 2 aromatic carbocycles. The minimum Gasteiger partial charge on any atom is -0.387 e. The van der Waals surface area contributed by atoms with Gasteiger partial charge in [0.05, 0.1) is 23.1 Å². The number of aromatic nitrogens is 4. The first kappa shape index (κ1) is 25.0. The Hall–Kier alpha value is -3.07. The van der Waals surface area contributed by atoms with E-state index in [9.17, 15) is 9.18 Å². The molecule has 0 aliphatic heterocycles. The molecule has 0 spiro atoms. The zero-order valence-corrected chi connectivity index (χ0v) is 21.0. The van der Waals surface area contributed by atoms with Crippen molar-refractivity contribution in [1.29, 1.82) is 0 Å². The smallest absolute Gasteiger partial charge is 0.218 e. The van der Waals surface area contributed by atoms with Gasteiger partial charge in [-0.05, 0) is 52.2 Å². The van der Waals surface area contributed by atoms with Crippen molar-refractivity contribution in [2.45, 2.75) is 25.9 Å². The Morgan fingerprint density at radius 3 is 2.77 bits per heavy atom. The van der Waals surface area contributed by atoms with E-state index < -0.39 is 11.9 Å². The van der Waals surface area contributed by atoms with Crippen LogP contribution in [-0.4, -0.2) is 51.2 Å². The van der Waals surface area contributed by atoms with Gasteiger partial charge in [-0.3, -0.25) is 4.79 Å². The SMILES string of the molecule is CC(On1ncc2ncc(-c3cccc(C(=O)CCCN(C)C)c3)nc21)c1c(Cl)ccc(F)c1Cl. The summed E-state index contributed by atoms with van der Waals surface area (Å²) in [5, 5.41) is 4.37. The lowest BCUT2D eigenvalue weighted by Crippen LogP contribution is -2.18. The van der Waals surface area contributed by atoms with E-state index in [-0.39, 0.29) is 15.8 Å². The molecule has 0 N–H and O–H groups in total. The highest BCUT2D eigenvalue weighted by Crippen LogP contribution is 2.33. The zero-order valence-electron chi connectivity index (χ0n) is 19.5. The van der Waals surface area contributed by atoms with E-state index in [0.717, 1.165) is 18.5 Å². The van der Waals surface area contributed by atoms with Crippen LogP contribution in [0.2, 0.25) is 10.0 Å². The predicted octanol–water partition coefficient (Wildman–Crippen LogP) is 5.65. The van der Waals surface area contributed by atoms with E-state index in [1.54, 1.807) is 19.2 Å². The van der Waals surface area contributed by atoms with E-state index >= 15 is 0 Å². The lowest BCUT2D eigenvalue weighted by atomic mass is 10.0. The van der Waals surface area contributed by atoms with Crippen LogP contribution in [0.4, 0.5) is 4.39 Å². The highest BCUT2D eigenvalue weighted by Gasteiger charge is 2.21. The molecule has 4 rings (SSSR count). The average molecular weight is 516 g/mol. The van der Waals surface area contributed by atoms with Crippen LogP contribution in [0, 0.1) is 5.82 Å². The van der Waals surface area contributed by atoms with Crippen LogP contribution >= 0.6 is 23.2 Å². The molecule has 0 radical (unpaired) electrons. The van der Waals surface area contributed by atoms with Crippen molar-refractivity contribution in [1.82, 2.24) is 24.8 Å². The molecule has 4 aromatic rings. The Morgan fingerprint density at radius 2 is 2.00 bits per heavy atom. The summed E-state index contributed by atoms with van der Waals surface area (Å²) in [6.45, 7) is 2.53. The quantitative estimate of drug-likeness (QED) is 0.211. The summed E-state index contributed by atoms with van der Waals surface area (Å²) in [5.74, 6) is -0.515. The summed E-state index contributed by atoms with van der Waals surface area (Å²) in [4.78, 5) is 30.9. The number of Topliss-reactive ketones (excluding diaryl/α,β-unsaturated/α-hetero) is 1. The summed E-state index contributed by atoms with van der Waals surface area (Å²) in [5.41, 5.74) is 3.10. The fraction of sp³-hybridized carbons (Fsp3) is 0.280. The van der Waals surface area contributed by atoms with E-state index in [1.807, 2.05) is 32.3 Å². The summed E-state index contributed by atoms with van der Waals surface area (Å²) in [7, 11) is 3.97. The molecule has 7 nitrogen and oxygen atoms in total. The van der Waals surface area contributed by atoms with Crippen LogP contribution in [0.15, 0.2) is 48.8 Å². The van der Waals surface area contributed by atoms with Gasteiger partial charge in [0.15, 0.2) is 11.9 Å². The first-order valence-corrected chi connectivity index (χ1v) is 11.8. The van der Waals surface area contributed by atoms with Crippen LogP contribution in [0.5, 0.6) is 0 Å². The Kier molecular flexibility index (Phi) is 7.64. The summed E-state index contributed by atoms with van der Waals surface area (Å²) >= 11 is 12.3. The molecule has 2 heterocycles. The van der Waals surface area contributed by atoms with Gasteiger partial charge >= 0.3 is 0 Å². The van der Waals surface area contributed by atoms with E-state index in [1.165, 1.54) is 23.2 Å². The summed E-state index contributed by atoms with van der Waals surface area (Å²) < 4.78 is 14.0. The minimum absolute atomic E-state index is 0.0776. The second kappa shape index (κ2) is 10.7. The predicted molar refractivity (Wildman–Crippen MR) is 134 cm³/mol. The number of carbonyl (C=O) groups excluding carboxylic acids is 1. The molecule has 0 bridgehead atoms. The number of halogens is 3. The first-order chi connectivity index (χ1) is 16.7. The number of rotatable bonds is 9. The molecular formula is C25H24Cl2FN5O2. The fourth-order valence-corrected chi connectivity index (χ4v) is 4.35. The first-order valence-electron chi connectivity index (χ1n) is 11.0. The molecule has 182 valence electrons. The van der Waals surface area contributed by atoms with Crippen LogP contribution in [-0.2, 0) is 0 Å². The van der Waals surface area contributed by atoms with Crippen LogP contribution in [0.3, 0.4) is 0 Å². The summed E-state index contributed by atoms with van der Waals surface area (Å²) in [6.07, 6.45) is 3.67. The molecule has 0 saturated carbocycles. The van der Waals surface area contributed by atoms with Gasteiger partial charge in [0, 0.05) is 28.1 Å². The van der Waals surface area contributed by atoms with Crippen molar-refractivity contribution in [3.63, 3.8) is 0 Å². The molecule has 0 fully saturated rings. The van der Waals surface area contributed by atoms with Gasteiger partial charge in [-0.2, -0.15) is 0 Å². The molecule has 1 atom stereocenters. The monoisotopic (exact) mass is 515 g/mol. The third-order valence-electron chi connectivity index (χ3n) is 5.48. The number of fused-ring (bicyclic) bond motifs is 1. The van der Waals surface area contributed by atoms with Crippen molar-refractivity contribution in [3.05, 3.63) is 75.8 Å². The van der Waals surface area contributed by atoms with Gasteiger partial charge in [0.2, 0.25) is 5.65 Å². The highest BCUT2D eigenvalue weighted by atomic mass is 35.5. The highest BCUT2D eigenvalue weighted by molar-refractivity contribution is 6.36. The topological polar surface area (TPSA) is 73.1 Å². The van der Waals surface area contributed by atoms with Crippen LogP contribution < -0.4 is 4.84 Å². The van der Waals surface area contributed by atoms with Crippen molar-refractivity contribution in [2.24, 2.45) is 0 Å². The normalized spacial score (nSPS) is 12.3. The largest absolute Gasteiger partial charge is 0.387 e. The van der Waals surface area contributed by atoms with Crippen molar-refractivity contribution >= 4 is 40.1 Å². The third kappa shape index (κ3) is 5.61. The lowest BCUT2D eigenvalue weighted by Gasteiger charge is -2.17. The van der Waals surface area contributed by atoms with Gasteiger partial charge in [-0.15, -0.1) is 5.10 Å². The maximum Gasteiger partial charge on any atom is 0.218 e. The van der Waals surface area contributed by atoms with Crippen molar-refractivity contribution in [3.8, 4) is 11.3 Å². The summed E-state index contributed by atoms with van der Waals surface area (Å²) in [6, 6.07) is 9.92. The average Bonchev–Trinajstić information content (AvgIpc) is 3.23. The van der Waals surface area contributed by atoms with Gasteiger partial charge < -0.3 is 9.74 Å².